The van der Waals surface area contributed by atoms with Gasteiger partial charge in [-0.2, -0.15) is 5.10 Å². The third kappa shape index (κ3) is 7.27. The number of carbonyl (C=O) groups is 4. The highest BCUT2D eigenvalue weighted by Gasteiger charge is 2.56. The Balaban J connectivity index is 1.06. The van der Waals surface area contributed by atoms with E-state index in [1.165, 1.54) is 29.1 Å². The molecule has 52 heavy (non-hydrogen) atoms. The number of hydrogen-bond acceptors (Lipinski definition) is 6. The molecular weight excluding hydrogens is 691 g/mol. The monoisotopic (exact) mass is 734 g/mol. The number of benzene rings is 1. The first kappa shape index (κ1) is 36.3. The maximum atomic E-state index is 15.8. The summed E-state index contributed by atoms with van der Waals surface area (Å²) < 4.78 is 78.4. The molecule has 1 spiro atoms. The number of aromatic nitrogens is 2. The zero-order chi connectivity index (χ0) is 36.9. The smallest absolute Gasteiger partial charge is 0.270 e. The highest BCUT2D eigenvalue weighted by atomic mass is 19.3. The van der Waals surface area contributed by atoms with Gasteiger partial charge in [-0.15, -0.1) is 0 Å². The van der Waals surface area contributed by atoms with Gasteiger partial charge in [0.1, 0.15) is 23.6 Å². The standard InChI is InChI=1S/C36H43F5N6O5/c37-25-14-24(34(7-8-34)29(42-21-48)32(51)46-12-9-33(10-13-46)19-52-20-33)3-4-26(25)44-31(50)28(23-2-1-6-35(38,39)17-23)45-30(49)27-5-11-43-47(27)18-22-15-36(40,41)16-22/h3-5,11,14,21-23,28-29H,1-2,6-10,12-13,15-20H2,(H,42,48)(H,44,50)(H,45,49). The number of rotatable bonds is 12. The number of likely N-dealkylation sites (tertiary alicyclic amines) is 1. The van der Waals surface area contributed by atoms with Crippen LogP contribution in [0.25, 0.3) is 0 Å². The number of ether oxygens (including phenoxy) is 1. The summed E-state index contributed by atoms with van der Waals surface area (Å²) in [7, 11) is 0. The van der Waals surface area contributed by atoms with Crippen LogP contribution in [0, 0.1) is 23.1 Å². The van der Waals surface area contributed by atoms with Crippen molar-refractivity contribution in [3.63, 3.8) is 0 Å². The van der Waals surface area contributed by atoms with Crippen LogP contribution in [0.5, 0.6) is 0 Å². The molecule has 5 fully saturated rings. The van der Waals surface area contributed by atoms with Crippen LogP contribution in [0.2, 0.25) is 0 Å². The van der Waals surface area contributed by atoms with Crippen molar-refractivity contribution in [2.24, 2.45) is 17.3 Å². The third-order valence-electron chi connectivity index (χ3n) is 11.9. The molecule has 0 radical (unpaired) electrons. The maximum Gasteiger partial charge on any atom is 0.270 e. The van der Waals surface area contributed by atoms with Crippen molar-refractivity contribution in [3.05, 3.63) is 47.5 Å². The lowest BCUT2D eigenvalue weighted by molar-refractivity contribution is -0.155. The van der Waals surface area contributed by atoms with Gasteiger partial charge in [0.15, 0.2) is 0 Å². The second-order valence-electron chi connectivity index (χ2n) is 15.6. The molecule has 3 aliphatic carbocycles. The molecule has 4 amide bonds. The lowest BCUT2D eigenvalue weighted by Crippen LogP contribution is -2.57. The SMILES string of the molecule is O=CNC(C(=O)N1CCC2(CC1)COC2)C1(c2ccc(NC(=O)C(NC(=O)c3ccnn3CC3CC(F)(F)C3)C3CCCC(F)(F)C3)c(F)c2)CC1. The second kappa shape index (κ2) is 13.7. The Morgan fingerprint density at radius 3 is 2.31 bits per heavy atom. The van der Waals surface area contributed by atoms with Crippen LogP contribution < -0.4 is 16.0 Å². The van der Waals surface area contributed by atoms with Crippen LogP contribution in [0.3, 0.4) is 0 Å². The molecule has 1 aromatic heterocycles. The van der Waals surface area contributed by atoms with Crippen molar-refractivity contribution in [1.29, 1.82) is 0 Å². The largest absolute Gasteiger partial charge is 0.380 e. The summed E-state index contributed by atoms with van der Waals surface area (Å²) in [5.41, 5.74) is -0.553. The summed E-state index contributed by atoms with van der Waals surface area (Å²) in [5, 5.41) is 11.8. The van der Waals surface area contributed by atoms with Crippen molar-refractivity contribution in [3.8, 4) is 0 Å². The Kier molecular flexibility index (Phi) is 9.57. The van der Waals surface area contributed by atoms with Crippen LogP contribution in [-0.2, 0) is 31.1 Å². The number of piperidine rings is 1. The highest BCUT2D eigenvalue weighted by Crippen LogP contribution is 2.52. The Bertz CT molecular complexity index is 1690. The lowest BCUT2D eigenvalue weighted by Gasteiger charge is -2.48. The molecule has 1 aromatic carbocycles. The van der Waals surface area contributed by atoms with Crippen LogP contribution >= 0.6 is 0 Å². The van der Waals surface area contributed by atoms with E-state index in [2.05, 4.69) is 21.0 Å². The van der Waals surface area contributed by atoms with Gasteiger partial charge in [-0.3, -0.25) is 23.9 Å². The molecule has 3 atom stereocenters. The van der Waals surface area contributed by atoms with Gasteiger partial charge >= 0.3 is 0 Å². The van der Waals surface area contributed by atoms with Crippen LogP contribution in [0.1, 0.15) is 80.3 Å². The number of alkyl halides is 4. The van der Waals surface area contributed by atoms with Crippen molar-refractivity contribution in [2.45, 2.75) is 100 Å². The van der Waals surface area contributed by atoms with Crippen molar-refractivity contribution < 1.29 is 45.9 Å². The molecule has 2 aliphatic heterocycles. The molecular formula is C36H43F5N6O5. The topological polar surface area (TPSA) is 135 Å². The zero-order valence-corrected chi connectivity index (χ0v) is 28.7. The average molecular weight is 735 g/mol. The number of halogens is 5. The quantitative estimate of drug-likeness (QED) is 0.219. The summed E-state index contributed by atoms with van der Waals surface area (Å²) in [6.45, 7) is 2.46. The predicted molar refractivity (Wildman–Crippen MR) is 176 cm³/mol. The van der Waals surface area contributed by atoms with E-state index in [4.69, 9.17) is 4.74 Å². The summed E-state index contributed by atoms with van der Waals surface area (Å²) in [6.07, 6.45) is 3.02. The highest BCUT2D eigenvalue weighted by molar-refractivity contribution is 6.00. The molecule has 3 N–H and O–H groups in total. The van der Waals surface area contributed by atoms with Crippen LogP contribution in [0.15, 0.2) is 30.5 Å². The van der Waals surface area contributed by atoms with E-state index in [-0.39, 0.29) is 61.4 Å². The van der Waals surface area contributed by atoms with Gasteiger partial charge in [-0.1, -0.05) is 6.07 Å². The van der Waals surface area contributed by atoms with Gasteiger partial charge in [0.25, 0.3) is 5.91 Å². The fourth-order valence-electron chi connectivity index (χ4n) is 8.55. The van der Waals surface area contributed by atoms with E-state index in [9.17, 15) is 36.7 Å². The van der Waals surface area contributed by atoms with Crippen molar-refractivity contribution in [2.75, 3.05) is 31.6 Å². The Morgan fingerprint density at radius 1 is 0.981 bits per heavy atom. The third-order valence-corrected chi connectivity index (χ3v) is 11.9. The van der Waals surface area contributed by atoms with E-state index in [0.717, 1.165) is 12.8 Å². The van der Waals surface area contributed by atoms with Gasteiger partial charge in [0, 0.05) is 62.3 Å². The first-order valence-corrected chi connectivity index (χ1v) is 18.0. The van der Waals surface area contributed by atoms with Crippen LogP contribution in [-0.4, -0.2) is 89.0 Å². The van der Waals surface area contributed by atoms with Gasteiger partial charge in [0.2, 0.25) is 30.1 Å². The first-order chi connectivity index (χ1) is 24.7. The molecule has 3 saturated carbocycles. The van der Waals surface area contributed by atoms with E-state index < -0.39 is 65.2 Å². The van der Waals surface area contributed by atoms with E-state index >= 15 is 4.39 Å². The lowest BCUT2D eigenvalue weighted by atomic mass is 9.76. The van der Waals surface area contributed by atoms with E-state index in [1.54, 1.807) is 11.0 Å². The fraction of sp³-hybridized carbons (Fsp3) is 0.639. The molecule has 11 nitrogen and oxygen atoms in total. The molecule has 3 heterocycles. The Hall–Kier alpha value is -4.08. The van der Waals surface area contributed by atoms with Gasteiger partial charge in [-0.05, 0) is 74.1 Å². The molecule has 16 heteroatoms. The molecule has 0 bridgehead atoms. The van der Waals surface area contributed by atoms with Gasteiger partial charge < -0.3 is 25.6 Å². The number of carbonyl (C=O) groups excluding carboxylic acids is 4. The molecule has 2 aromatic rings. The minimum atomic E-state index is -3.07. The predicted octanol–water partition coefficient (Wildman–Crippen LogP) is 4.42. The number of amides is 4. The summed E-state index contributed by atoms with van der Waals surface area (Å²) in [4.78, 5) is 54.3. The molecule has 3 unspecified atom stereocenters. The van der Waals surface area contributed by atoms with Gasteiger partial charge in [0.05, 0.1) is 18.9 Å². The Morgan fingerprint density at radius 2 is 1.71 bits per heavy atom. The van der Waals surface area contributed by atoms with Crippen molar-refractivity contribution >= 4 is 29.8 Å². The van der Waals surface area contributed by atoms with Crippen molar-refractivity contribution in [1.82, 2.24) is 25.3 Å². The number of anilines is 1. The fourth-order valence-corrected chi connectivity index (χ4v) is 8.55. The van der Waals surface area contributed by atoms with Gasteiger partial charge in [-0.25, -0.2) is 22.0 Å². The molecule has 5 aliphatic rings. The maximum absolute atomic E-state index is 15.8. The second-order valence-corrected chi connectivity index (χ2v) is 15.6. The summed E-state index contributed by atoms with van der Waals surface area (Å²) in [6, 6.07) is 3.06. The van der Waals surface area contributed by atoms with E-state index in [1.807, 2.05) is 0 Å². The number of nitrogens with zero attached hydrogens (tertiary/aromatic N) is 3. The zero-order valence-electron chi connectivity index (χ0n) is 28.7. The molecule has 282 valence electrons. The summed E-state index contributed by atoms with van der Waals surface area (Å²) in [5.74, 6) is -10.00. The minimum Gasteiger partial charge on any atom is -0.380 e. The number of hydrogen-bond donors (Lipinski definition) is 3. The first-order valence-electron chi connectivity index (χ1n) is 18.0. The minimum absolute atomic E-state index is 0.0185. The molecule has 7 rings (SSSR count). The Labute approximate surface area is 297 Å². The molecule has 2 saturated heterocycles. The average Bonchev–Trinajstić information content (AvgIpc) is 3.74. The van der Waals surface area contributed by atoms with E-state index in [0.29, 0.717) is 51.1 Å². The van der Waals surface area contributed by atoms with Crippen LogP contribution in [0.4, 0.5) is 27.6 Å². The normalized spacial score (nSPS) is 25.2. The summed E-state index contributed by atoms with van der Waals surface area (Å²) >= 11 is 0. The number of nitrogens with one attached hydrogen (secondary N) is 3.